The zero-order chi connectivity index (χ0) is 16.7. The molecule has 3 amide bonds. The number of nitrogens with one attached hydrogen (secondary N) is 2. The quantitative estimate of drug-likeness (QED) is 0.867. The first kappa shape index (κ1) is 17.6. The second-order valence-corrected chi connectivity index (χ2v) is 6.23. The van der Waals surface area contributed by atoms with Gasteiger partial charge in [-0.25, -0.2) is 4.79 Å². The minimum atomic E-state index is -0.118. The second kappa shape index (κ2) is 8.77. The lowest BCUT2D eigenvalue weighted by molar-refractivity contribution is -0.131. The van der Waals surface area contributed by atoms with Gasteiger partial charge < -0.3 is 15.5 Å². The molecule has 0 radical (unpaired) electrons. The Morgan fingerprint density at radius 2 is 1.96 bits per heavy atom. The summed E-state index contributed by atoms with van der Waals surface area (Å²) in [5.41, 5.74) is 0.860. The fourth-order valence-electron chi connectivity index (χ4n) is 2.66. The standard InChI is InChI=1S/C17H24ClN3O2/c1-2-9-19-17(23)20-14-7-10-21(11-8-14)16(22)12-13-5-3-4-6-15(13)18/h3-6,14H,2,7-12H2,1H3,(H2,19,20,23). The Balaban J connectivity index is 1.76. The van der Waals surface area contributed by atoms with Gasteiger partial charge in [0.05, 0.1) is 6.42 Å². The van der Waals surface area contributed by atoms with E-state index in [1.165, 1.54) is 0 Å². The van der Waals surface area contributed by atoms with Crippen molar-refractivity contribution < 1.29 is 9.59 Å². The molecular weight excluding hydrogens is 314 g/mol. The van der Waals surface area contributed by atoms with E-state index in [9.17, 15) is 9.59 Å². The molecule has 126 valence electrons. The Hall–Kier alpha value is -1.75. The van der Waals surface area contributed by atoms with Crippen LogP contribution in [0.5, 0.6) is 0 Å². The van der Waals surface area contributed by atoms with Gasteiger partial charge in [-0.05, 0) is 30.9 Å². The van der Waals surface area contributed by atoms with Crippen molar-refractivity contribution in [3.63, 3.8) is 0 Å². The van der Waals surface area contributed by atoms with E-state index in [4.69, 9.17) is 11.6 Å². The summed E-state index contributed by atoms with van der Waals surface area (Å²) >= 11 is 6.10. The zero-order valence-electron chi connectivity index (χ0n) is 13.5. The van der Waals surface area contributed by atoms with Crippen LogP contribution in [0, 0.1) is 0 Å². The fraction of sp³-hybridized carbons (Fsp3) is 0.529. The summed E-state index contributed by atoms with van der Waals surface area (Å²) in [6, 6.07) is 7.45. The summed E-state index contributed by atoms with van der Waals surface area (Å²) in [5, 5.41) is 6.40. The van der Waals surface area contributed by atoms with Crippen LogP contribution in [-0.4, -0.2) is 42.5 Å². The van der Waals surface area contributed by atoms with Crippen LogP contribution in [0.25, 0.3) is 0 Å². The largest absolute Gasteiger partial charge is 0.342 e. The van der Waals surface area contributed by atoms with E-state index in [0.29, 0.717) is 31.1 Å². The van der Waals surface area contributed by atoms with Gasteiger partial charge in [0.15, 0.2) is 0 Å². The molecule has 23 heavy (non-hydrogen) atoms. The predicted octanol–water partition coefficient (Wildman–Crippen LogP) is 2.58. The summed E-state index contributed by atoms with van der Waals surface area (Å²) in [6.07, 6.45) is 2.82. The molecule has 1 fully saturated rings. The molecule has 5 nitrogen and oxygen atoms in total. The maximum absolute atomic E-state index is 12.4. The number of hydrogen-bond donors (Lipinski definition) is 2. The van der Waals surface area contributed by atoms with Crippen molar-refractivity contribution in [2.45, 2.75) is 38.6 Å². The van der Waals surface area contributed by atoms with Crippen LogP contribution in [0.4, 0.5) is 4.79 Å². The maximum Gasteiger partial charge on any atom is 0.315 e. The predicted molar refractivity (Wildman–Crippen MR) is 91.6 cm³/mol. The highest BCUT2D eigenvalue weighted by atomic mass is 35.5. The van der Waals surface area contributed by atoms with Crippen LogP contribution in [0.2, 0.25) is 5.02 Å². The molecule has 1 aromatic rings. The Morgan fingerprint density at radius 1 is 1.26 bits per heavy atom. The van der Waals surface area contributed by atoms with E-state index < -0.39 is 0 Å². The van der Waals surface area contributed by atoms with Crippen LogP contribution in [0.3, 0.4) is 0 Å². The van der Waals surface area contributed by atoms with Crippen molar-refractivity contribution in [3.8, 4) is 0 Å². The lowest BCUT2D eigenvalue weighted by atomic mass is 10.0. The Morgan fingerprint density at radius 3 is 2.61 bits per heavy atom. The highest BCUT2D eigenvalue weighted by Gasteiger charge is 2.24. The summed E-state index contributed by atoms with van der Waals surface area (Å²) < 4.78 is 0. The normalized spacial score (nSPS) is 15.3. The topological polar surface area (TPSA) is 61.4 Å². The van der Waals surface area contributed by atoms with E-state index in [1.807, 2.05) is 30.0 Å². The molecule has 0 unspecified atom stereocenters. The molecular formula is C17H24ClN3O2. The molecule has 0 aromatic heterocycles. The Labute approximate surface area is 142 Å². The van der Waals surface area contributed by atoms with Crippen LogP contribution in [0.1, 0.15) is 31.7 Å². The van der Waals surface area contributed by atoms with E-state index in [-0.39, 0.29) is 18.0 Å². The minimum absolute atomic E-state index is 0.0898. The van der Waals surface area contributed by atoms with Crippen molar-refractivity contribution in [1.82, 2.24) is 15.5 Å². The molecule has 2 N–H and O–H groups in total. The number of benzene rings is 1. The maximum atomic E-state index is 12.4. The molecule has 6 heteroatoms. The molecule has 1 aliphatic heterocycles. The fourth-order valence-corrected chi connectivity index (χ4v) is 2.87. The van der Waals surface area contributed by atoms with Gasteiger partial charge in [-0.15, -0.1) is 0 Å². The Kier molecular flexibility index (Phi) is 6.71. The van der Waals surface area contributed by atoms with E-state index in [2.05, 4.69) is 10.6 Å². The van der Waals surface area contributed by atoms with Crippen molar-refractivity contribution in [1.29, 1.82) is 0 Å². The molecule has 2 rings (SSSR count). The molecule has 0 saturated carbocycles. The first-order valence-corrected chi connectivity index (χ1v) is 8.53. The minimum Gasteiger partial charge on any atom is -0.342 e. The third kappa shape index (κ3) is 5.43. The van der Waals surface area contributed by atoms with Crippen LogP contribution < -0.4 is 10.6 Å². The number of nitrogens with zero attached hydrogens (tertiary/aromatic N) is 1. The van der Waals surface area contributed by atoms with Crippen LogP contribution in [0.15, 0.2) is 24.3 Å². The number of hydrogen-bond acceptors (Lipinski definition) is 2. The number of amides is 3. The highest BCUT2D eigenvalue weighted by Crippen LogP contribution is 2.18. The zero-order valence-corrected chi connectivity index (χ0v) is 14.2. The average molecular weight is 338 g/mol. The number of halogens is 1. The molecule has 1 heterocycles. The smallest absolute Gasteiger partial charge is 0.315 e. The van der Waals surface area contributed by atoms with Gasteiger partial charge in [-0.1, -0.05) is 36.7 Å². The van der Waals surface area contributed by atoms with Gasteiger partial charge in [0.25, 0.3) is 0 Å². The number of urea groups is 1. The van der Waals surface area contributed by atoms with Gasteiger partial charge in [-0.2, -0.15) is 0 Å². The number of carbonyl (C=O) groups excluding carboxylic acids is 2. The molecule has 0 aliphatic carbocycles. The van der Waals surface area contributed by atoms with Gasteiger partial charge in [0, 0.05) is 30.7 Å². The lowest BCUT2D eigenvalue weighted by Gasteiger charge is -2.32. The van der Waals surface area contributed by atoms with E-state index in [0.717, 1.165) is 24.8 Å². The molecule has 1 aliphatic rings. The van der Waals surface area contributed by atoms with Crippen LogP contribution >= 0.6 is 11.6 Å². The number of carbonyl (C=O) groups is 2. The first-order chi connectivity index (χ1) is 11.1. The van der Waals surface area contributed by atoms with Crippen molar-refractivity contribution >= 4 is 23.5 Å². The molecule has 0 bridgehead atoms. The third-order valence-corrected chi connectivity index (χ3v) is 4.39. The number of piperidine rings is 1. The lowest BCUT2D eigenvalue weighted by Crippen LogP contribution is -2.49. The molecule has 0 spiro atoms. The average Bonchev–Trinajstić information content (AvgIpc) is 2.55. The van der Waals surface area contributed by atoms with Gasteiger partial charge >= 0.3 is 6.03 Å². The Bertz CT molecular complexity index is 542. The summed E-state index contributed by atoms with van der Waals surface area (Å²) in [7, 11) is 0. The second-order valence-electron chi connectivity index (χ2n) is 5.82. The van der Waals surface area contributed by atoms with Crippen LogP contribution in [-0.2, 0) is 11.2 Å². The monoisotopic (exact) mass is 337 g/mol. The molecule has 1 aromatic carbocycles. The van der Waals surface area contributed by atoms with E-state index in [1.54, 1.807) is 6.07 Å². The van der Waals surface area contributed by atoms with Crippen molar-refractivity contribution in [2.75, 3.05) is 19.6 Å². The van der Waals surface area contributed by atoms with E-state index >= 15 is 0 Å². The number of rotatable bonds is 5. The number of likely N-dealkylation sites (tertiary alicyclic amines) is 1. The van der Waals surface area contributed by atoms with Crippen molar-refractivity contribution in [3.05, 3.63) is 34.9 Å². The summed E-state index contributed by atoms with van der Waals surface area (Å²) in [4.78, 5) is 25.9. The van der Waals surface area contributed by atoms with Gasteiger partial charge in [0.1, 0.15) is 0 Å². The molecule has 1 saturated heterocycles. The third-order valence-electron chi connectivity index (χ3n) is 4.02. The van der Waals surface area contributed by atoms with Gasteiger partial charge in [0.2, 0.25) is 5.91 Å². The summed E-state index contributed by atoms with van der Waals surface area (Å²) in [5.74, 6) is 0.0898. The SMILES string of the molecule is CCCNC(=O)NC1CCN(C(=O)Cc2ccccc2Cl)CC1. The van der Waals surface area contributed by atoms with Gasteiger partial charge in [-0.3, -0.25) is 4.79 Å². The van der Waals surface area contributed by atoms with Crippen molar-refractivity contribution in [2.24, 2.45) is 0 Å². The highest BCUT2D eigenvalue weighted by molar-refractivity contribution is 6.31. The summed E-state index contributed by atoms with van der Waals surface area (Å²) in [6.45, 7) is 4.04. The first-order valence-electron chi connectivity index (χ1n) is 8.15. The molecule has 0 atom stereocenters.